The van der Waals surface area contributed by atoms with E-state index in [1.54, 1.807) is 36.5 Å². The smallest absolute Gasteiger partial charge is 0.263 e. The van der Waals surface area contributed by atoms with E-state index in [-0.39, 0.29) is 17.7 Å². The first kappa shape index (κ1) is 16.6. The number of nitrogens with one attached hydrogen (secondary N) is 1. The summed E-state index contributed by atoms with van der Waals surface area (Å²) in [7, 11) is 3.52. The first-order valence-electron chi connectivity index (χ1n) is 8.05. The van der Waals surface area contributed by atoms with Crippen LogP contribution >= 0.6 is 11.3 Å². The molecule has 126 valence electrons. The average Bonchev–Trinajstić information content (AvgIpc) is 3.02. The molecule has 0 aromatic carbocycles. The SMILES string of the molecule is CN(C)C(=O)c1cc2c(s1)CC[C@@H](C(=O)NCc1ccccn1)C2. The maximum atomic E-state index is 12.4. The van der Waals surface area contributed by atoms with Gasteiger partial charge >= 0.3 is 0 Å². The number of aryl methyl sites for hydroxylation is 1. The summed E-state index contributed by atoms with van der Waals surface area (Å²) >= 11 is 1.56. The summed E-state index contributed by atoms with van der Waals surface area (Å²) in [6, 6.07) is 7.63. The Balaban J connectivity index is 1.62. The molecule has 2 aromatic rings. The second kappa shape index (κ2) is 7.13. The number of amides is 2. The Bertz CT molecular complexity index is 740. The van der Waals surface area contributed by atoms with Crippen molar-refractivity contribution in [1.29, 1.82) is 0 Å². The number of carbonyl (C=O) groups excluding carboxylic acids is 2. The quantitative estimate of drug-likeness (QED) is 0.926. The number of aromatic nitrogens is 1. The van der Waals surface area contributed by atoms with Crippen LogP contribution in [0.3, 0.4) is 0 Å². The zero-order chi connectivity index (χ0) is 17.1. The minimum Gasteiger partial charge on any atom is -0.350 e. The monoisotopic (exact) mass is 343 g/mol. The number of hydrogen-bond acceptors (Lipinski definition) is 4. The number of fused-ring (bicyclic) bond motifs is 1. The highest BCUT2D eigenvalue weighted by Gasteiger charge is 2.27. The van der Waals surface area contributed by atoms with Crippen LogP contribution in [0.4, 0.5) is 0 Å². The fourth-order valence-corrected chi connectivity index (χ4v) is 4.13. The molecule has 2 heterocycles. The van der Waals surface area contributed by atoms with E-state index < -0.39 is 0 Å². The molecule has 1 aliphatic carbocycles. The van der Waals surface area contributed by atoms with Crippen molar-refractivity contribution in [3.05, 3.63) is 51.5 Å². The van der Waals surface area contributed by atoms with Gasteiger partial charge in [0.1, 0.15) is 0 Å². The number of nitrogens with zero attached hydrogens (tertiary/aromatic N) is 2. The Morgan fingerprint density at radius 3 is 2.92 bits per heavy atom. The van der Waals surface area contributed by atoms with Gasteiger partial charge in [-0.15, -0.1) is 11.3 Å². The Morgan fingerprint density at radius 1 is 1.38 bits per heavy atom. The van der Waals surface area contributed by atoms with Gasteiger partial charge in [0, 0.05) is 31.1 Å². The third kappa shape index (κ3) is 3.64. The van der Waals surface area contributed by atoms with Crippen molar-refractivity contribution in [1.82, 2.24) is 15.2 Å². The highest BCUT2D eigenvalue weighted by molar-refractivity contribution is 7.14. The summed E-state index contributed by atoms with van der Waals surface area (Å²) in [5.74, 6) is 0.0710. The third-order valence-electron chi connectivity index (χ3n) is 4.24. The van der Waals surface area contributed by atoms with Crippen molar-refractivity contribution in [2.24, 2.45) is 5.92 Å². The lowest BCUT2D eigenvalue weighted by atomic mass is 9.87. The van der Waals surface area contributed by atoms with Gasteiger partial charge in [0.05, 0.1) is 17.1 Å². The van der Waals surface area contributed by atoms with Crippen molar-refractivity contribution >= 4 is 23.2 Å². The van der Waals surface area contributed by atoms with Crippen LogP contribution in [0.2, 0.25) is 0 Å². The van der Waals surface area contributed by atoms with E-state index in [4.69, 9.17) is 0 Å². The average molecular weight is 343 g/mol. The number of hydrogen-bond donors (Lipinski definition) is 1. The van der Waals surface area contributed by atoms with E-state index in [0.717, 1.165) is 29.0 Å². The highest BCUT2D eigenvalue weighted by Crippen LogP contribution is 2.33. The first-order chi connectivity index (χ1) is 11.5. The molecular formula is C18H21N3O2S. The minimum absolute atomic E-state index is 0.0295. The van der Waals surface area contributed by atoms with E-state index >= 15 is 0 Å². The molecule has 0 radical (unpaired) electrons. The van der Waals surface area contributed by atoms with Gasteiger partial charge < -0.3 is 10.2 Å². The second-order valence-corrected chi connectivity index (χ2v) is 7.37. The number of rotatable bonds is 4. The summed E-state index contributed by atoms with van der Waals surface area (Å²) in [5, 5.41) is 2.97. The zero-order valence-corrected chi connectivity index (χ0v) is 14.7. The van der Waals surface area contributed by atoms with Crippen molar-refractivity contribution in [3.63, 3.8) is 0 Å². The van der Waals surface area contributed by atoms with Gasteiger partial charge in [-0.25, -0.2) is 0 Å². The molecule has 1 atom stereocenters. The van der Waals surface area contributed by atoms with Gasteiger partial charge in [-0.2, -0.15) is 0 Å². The molecule has 0 fully saturated rings. The summed E-state index contributed by atoms with van der Waals surface area (Å²) < 4.78 is 0. The Morgan fingerprint density at radius 2 is 2.21 bits per heavy atom. The molecule has 6 heteroatoms. The van der Waals surface area contributed by atoms with Crippen LogP contribution in [0.25, 0.3) is 0 Å². The van der Waals surface area contributed by atoms with Crippen molar-refractivity contribution in [2.75, 3.05) is 14.1 Å². The summed E-state index contributed by atoms with van der Waals surface area (Å²) in [4.78, 5) is 32.3. The van der Waals surface area contributed by atoms with Crippen molar-refractivity contribution in [3.8, 4) is 0 Å². The van der Waals surface area contributed by atoms with Gasteiger partial charge in [-0.05, 0) is 43.0 Å². The van der Waals surface area contributed by atoms with Crippen LogP contribution in [0.1, 0.15) is 32.2 Å². The molecule has 2 amide bonds. The van der Waals surface area contributed by atoms with Crippen molar-refractivity contribution < 1.29 is 9.59 Å². The fourth-order valence-electron chi connectivity index (χ4n) is 2.90. The highest BCUT2D eigenvalue weighted by atomic mass is 32.1. The molecule has 24 heavy (non-hydrogen) atoms. The van der Waals surface area contributed by atoms with Crippen molar-refractivity contribution in [2.45, 2.75) is 25.8 Å². The molecule has 0 bridgehead atoms. The summed E-state index contributed by atoms with van der Waals surface area (Å²) in [5.41, 5.74) is 2.01. The van der Waals surface area contributed by atoms with Crippen LogP contribution in [0, 0.1) is 5.92 Å². The lowest BCUT2D eigenvalue weighted by molar-refractivity contribution is -0.125. The van der Waals surface area contributed by atoms with E-state index in [9.17, 15) is 9.59 Å². The molecule has 0 aliphatic heterocycles. The number of carbonyl (C=O) groups is 2. The molecule has 1 aliphatic rings. The first-order valence-corrected chi connectivity index (χ1v) is 8.87. The van der Waals surface area contributed by atoms with Gasteiger partial charge in [0.2, 0.25) is 5.91 Å². The minimum atomic E-state index is -0.0295. The van der Waals surface area contributed by atoms with Gasteiger partial charge in [-0.3, -0.25) is 14.6 Å². The molecule has 2 aromatic heterocycles. The van der Waals surface area contributed by atoms with Crippen LogP contribution < -0.4 is 5.32 Å². The second-order valence-electron chi connectivity index (χ2n) is 6.24. The largest absolute Gasteiger partial charge is 0.350 e. The topological polar surface area (TPSA) is 62.3 Å². The molecule has 0 saturated carbocycles. The predicted octanol–water partition coefficient (Wildman–Crippen LogP) is 2.27. The molecule has 0 spiro atoms. The lowest BCUT2D eigenvalue weighted by Crippen LogP contribution is -2.33. The molecule has 0 unspecified atom stereocenters. The fraction of sp³-hybridized carbons (Fsp3) is 0.389. The molecule has 1 N–H and O–H groups in total. The van der Waals surface area contributed by atoms with E-state index in [2.05, 4.69) is 10.3 Å². The van der Waals surface area contributed by atoms with Crippen LogP contribution in [-0.2, 0) is 24.2 Å². The van der Waals surface area contributed by atoms with E-state index in [0.29, 0.717) is 13.0 Å². The molecule has 5 nitrogen and oxygen atoms in total. The standard InChI is InChI=1S/C18H21N3O2S/c1-21(2)18(23)16-10-13-9-12(6-7-15(13)24-16)17(22)20-11-14-5-3-4-8-19-14/h3-5,8,10,12H,6-7,9,11H2,1-2H3,(H,20,22)/t12-/m1/s1. The predicted molar refractivity (Wildman–Crippen MR) is 93.9 cm³/mol. The summed E-state index contributed by atoms with van der Waals surface area (Å²) in [6.07, 6.45) is 4.13. The Labute approximate surface area is 145 Å². The summed E-state index contributed by atoms with van der Waals surface area (Å²) in [6.45, 7) is 0.455. The normalized spacial score (nSPS) is 16.3. The lowest BCUT2D eigenvalue weighted by Gasteiger charge is -2.21. The Hall–Kier alpha value is -2.21. The molecule has 3 rings (SSSR count). The number of thiophene rings is 1. The van der Waals surface area contributed by atoms with Crippen LogP contribution in [0.15, 0.2) is 30.5 Å². The number of pyridine rings is 1. The maximum Gasteiger partial charge on any atom is 0.263 e. The van der Waals surface area contributed by atoms with Gasteiger partial charge in [0.15, 0.2) is 0 Å². The third-order valence-corrected chi connectivity index (χ3v) is 5.47. The van der Waals surface area contributed by atoms with E-state index in [1.165, 1.54) is 4.88 Å². The van der Waals surface area contributed by atoms with Crippen LogP contribution in [0.5, 0.6) is 0 Å². The van der Waals surface area contributed by atoms with Gasteiger partial charge in [-0.1, -0.05) is 6.07 Å². The molecule has 0 saturated heterocycles. The van der Waals surface area contributed by atoms with Crippen LogP contribution in [-0.4, -0.2) is 35.8 Å². The maximum absolute atomic E-state index is 12.4. The molecular weight excluding hydrogens is 322 g/mol. The zero-order valence-electron chi connectivity index (χ0n) is 13.9. The van der Waals surface area contributed by atoms with Gasteiger partial charge in [0.25, 0.3) is 5.91 Å². The van der Waals surface area contributed by atoms with E-state index in [1.807, 2.05) is 24.3 Å². The Kier molecular flexibility index (Phi) is 4.94.